The molecule has 18 heavy (non-hydrogen) atoms. The molecule has 0 aliphatic heterocycles. The van der Waals surface area contributed by atoms with Crippen molar-refractivity contribution in [3.8, 4) is 18.2 Å². The van der Waals surface area contributed by atoms with Gasteiger partial charge in [-0.1, -0.05) is 28.1 Å². The molecule has 1 aromatic carbocycles. The monoisotopic (exact) mass is 298 g/mol. The van der Waals surface area contributed by atoms with Crippen LogP contribution in [0.2, 0.25) is 0 Å². The molecule has 0 unspecified atom stereocenters. The summed E-state index contributed by atoms with van der Waals surface area (Å²) in [4.78, 5) is 0. The van der Waals surface area contributed by atoms with Gasteiger partial charge in [-0.3, -0.25) is 0 Å². The summed E-state index contributed by atoms with van der Waals surface area (Å²) in [6.45, 7) is 0. The molecule has 0 saturated heterocycles. The fraction of sp³-hybridized carbons (Fsp3) is 0. The number of halogens is 1. The van der Waals surface area contributed by atoms with Crippen molar-refractivity contribution in [1.29, 1.82) is 15.8 Å². The van der Waals surface area contributed by atoms with Crippen molar-refractivity contribution in [2.75, 3.05) is 0 Å². The first-order valence-corrected chi connectivity index (χ1v) is 5.59. The summed E-state index contributed by atoms with van der Waals surface area (Å²) in [6.07, 6.45) is 1.52. The van der Waals surface area contributed by atoms with E-state index in [1.54, 1.807) is 30.3 Å². The number of hydrogen-bond acceptors (Lipinski definition) is 4. The Labute approximate surface area is 113 Å². The molecule has 1 rings (SSSR count). The Bertz CT molecular complexity index is 635. The van der Waals surface area contributed by atoms with Gasteiger partial charge < -0.3 is 5.73 Å². The molecule has 0 radical (unpaired) electrons. The molecule has 0 amide bonds. The second kappa shape index (κ2) is 6.25. The van der Waals surface area contributed by atoms with Gasteiger partial charge in [0, 0.05) is 4.47 Å². The quantitative estimate of drug-likeness (QED) is 0.670. The molecule has 0 bridgehead atoms. The molecule has 0 aliphatic rings. The number of benzene rings is 1. The van der Waals surface area contributed by atoms with Gasteiger partial charge in [0.1, 0.15) is 18.2 Å². The van der Waals surface area contributed by atoms with E-state index < -0.39 is 0 Å². The Kier molecular flexibility index (Phi) is 4.69. The van der Waals surface area contributed by atoms with Crippen molar-refractivity contribution in [3.63, 3.8) is 0 Å². The van der Waals surface area contributed by atoms with Crippen molar-refractivity contribution in [2.45, 2.75) is 0 Å². The van der Waals surface area contributed by atoms with E-state index in [9.17, 15) is 0 Å². The minimum atomic E-state index is -0.266. The summed E-state index contributed by atoms with van der Waals surface area (Å²) >= 11 is 3.31. The number of nitrogens with zero attached hydrogens (tertiary/aromatic N) is 3. The maximum atomic E-state index is 9.00. The normalized spacial score (nSPS) is 9.78. The highest BCUT2D eigenvalue weighted by Gasteiger charge is 2.07. The van der Waals surface area contributed by atoms with Gasteiger partial charge in [-0.05, 0) is 23.8 Å². The van der Waals surface area contributed by atoms with Crippen LogP contribution in [-0.2, 0) is 0 Å². The summed E-state index contributed by atoms with van der Waals surface area (Å²) < 4.78 is 0.858. The highest BCUT2D eigenvalue weighted by atomic mass is 79.9. The van der Waals surface area contributed by atoms with Crippen LogP contribution in [-0.4, -0.2) is 0 Å². The Morgan fingerprint density at radius 3 is 2.33 bits per heavy atom. The van der Waals surface area contributed by atoms with Gasteiger partial charge in [0.15, 0.2) is 5.57 Å². The van der Waals surface area contributed by atoms with E-state index in [4.69, 9.17) is 21.5 Å². The Hall–Kier alpha value is -2.55. The van der Waals surface area contributed by atoms with E-state index in [1.165, 1.54) is 6.08 Å². The smallest absolute Gasteiger partial charge is 0.153 e. The number of hydrogen-bond donors (Lipinski definition) is 1. The van der Waals surface area contributed by atoms with Crippen LogP contribution in [0.5, 0.6) is 0 Å². The molecule has 0 atom stereocenters. The van der Waals surface area contributed by atoms with Crippen molar-refractivity contribution in [1.82, 2.24) is 0 Å². The molecule has 2 N–H and O–H groups in total. The second-order valence-electron chi connectivity index (χ2n) is 3.24. The zero-order valence-corrected chi connectivity index (χ0v) is 10.8. The van der Waals surface area contributed by atoms with Gasteiger partial charge in [-0.2, -0.15) is 15.8 Å². The predicted octanol–water partition coefficient (Wildman–Crippen LogP) is 2.62. The topological polar surface area (TPSA) is 97.4 Å². The third-order valence-corrected chi connectivity index (χ3v) is 2.56. The SMILES string of the molecule is N#CC(C#N)=C(N)/C(C#N)=C/c1cccc(Br)c1. The first kappa shape index (κ1) is 13.5. The number of nitriles is 3. The Morgan fingerprint density at radius 1 is 1.17 bits per heavy atom. The molecule has 5 heteroatoms. The lowest BCUT2D eigenvalue weighted by Crippen LogP contribution is -2.03. The number of rotatable bonds is 2. The van der Waals surface area contributed by atoms with Gasteiger partial charge in [-0.15, -0.1) is 0 Å². The summed E-state index contributed by atoms with van der Waals surface area (Å²) in [5.74, 6) is 0. The molecular weight excluding hydrogens is 292 g/mol. The van der Waals surface area contributed by atoms with E-state index in [2.05, 4.69) is 15.9 Å². The highest BCUT2D eigenvalue weighted by Crippen LogP contribution is 2.17. The standard InChI is InChI=1S/C13H7BrN4/c14-12-3-1-2-9(5-12)4-10(6-15)13(18)11(7-16)8-17/h1-5H,18H2/b10-4+. The van der Waals surface area contributed by atoms with Gasteiger partial charge >= 0.3 is 0 Å². The van der Waals surface area contributed by atoms with Crippen LogP contribution in [0.25, 0.3) is 6.08 Å². The maximum Gasteiger partial charge on any atom is 0.153 e. The van der Waals surface area contributed by atoms with Crippen molar-refractivity contribution in [2.24, 2.45) is 5.73 Å². The first-order chi connectivity index (χ1) is 8.62. The molecule has 0 fully saturated rings. The van der Waals surface area contributed by atoms with Crippen LogP contribution in [0.4, 0.5) is 0 Å². The molecule has 86 valence electrons. The summed E-state index contributed by atoms with van der Waals surface area (Å²) in [7, 11) is 0. The lowest BCUT2D eigenvalue weighted by atomic mass is 10.1. The zero-order chi connectivity index (χ0) is 13.5. The van der Waals surface area contributed by atoms with E-state index in [-0.39, 0.29) is 16.8 Å². The van der Waals surface area contributed by atoms with Crippen LogP contribution >= 0.6 is 15.9 Å². The molecule has 0 saturated carbocycles. The molecule has 0 aromatic heterocycles. The third-order valence-electron chi connectivity index (χ3n) is 2.06. The van der Waals surface area contributed by atoms with Gasteiger partial charge in [-0.25, -0.2) is 0 Å². The minimum absolute atomic E-state index is 0.0891. The molecular formula is C13H7BrN4. The lowest BCUT2D eigenvalue weighted by molar-refractivity contribution is 1.31. The minimum Gasteiger partial charge on any atom is -0.396 e. The molecule has 0 spiro atoms. The zero-order valence-electron chi connectivity index (χ0n) is 9.18. The van der Waals surface area contributed by atoms with Crippen LogP contribution in [0, 0.1) is 34.0 Å². The Morgan fingerprint density at radius 2 is 1.83 bits per heavy atom. The Balaban J connectivity index is 3.30. The van der Waals surface area contributed by atoms with Crippen molar-refractivity contribution >= 4 is 22.0 Å². The van der Waals surface area contributed by atoms with Gasteiger partial charge in [0.05, 0.1) is 11.3 Å². The molecule has 4 nitrogen and oxygen atoms in total. The average Bonchev–Trinajstić information content (AvgIpc) is 2.37. The molecule has 1 aromatic rings. The van der Waals surface area contributed by atoms with E-state index in [0.29, 0.717) is 0 Å². The van der Waals surface area contributed by atoms with E-state index in [1.807, 2.05) is 12.1 Å². The average molecular weight is 299 g/mol. The van der Waals surface area contributed by atoms with Crippen LogP contribution < -0.4 is 5.73 Å². The predicted molar refractivity (Wildman–Crippen MR) is 70.2 cm³/mol. The fourth-order valence-corrected chi connectivity index (χ4v) is 1.63. The van der Waals surface area contributed by atoms with Gasteiger partial charge in [0.25, 0.3) is 0 Å². The van der Waals surface area contributed by atoms with Crippen LogP contribution in [0.15, 0.2) is 45.6 Å². The largest absolute Gasteiger partial charge is 0.396 e. The van der Waals surface area contributed by atoms with Crippen molar-refractivity contribution < 1.29 is 0 Å². The van der Waals surface area contributed by atoms with Crippen molar-refractivity contribution in [3.05, 3.63) is 51.1 Å². The van der Waals surface area contributed by atoms with E-state index in [0.717, 1.165) is 10.0 Å². The van der Waals surface area contributed by atoms with Crippen LogP contribution in [0.3, 0.4) is 0 Å². The third kappa shape index (κ3) is 3.22. The molecule has 0 aliphatic carbocycles. The number of nitrogens with two attached hydrogens (primary N) is 1. The fourth-order valence-electron chi connectivity index (χ4n) is 1.21. The number of allylic oxidation sites excluding steroid dienone is 2. The molecule has 0 heterocycles. The van der Waals surface area contributed by atoms with Gasteiger partial charge in [0.2, 0.25) is 0 Å². The maximum absolute atomic E-state index is 9.00. The first-order valence-electron chi connectivity index (χ1n) is 4.80. The summed E-state index contributed by atoms with van der Waals surface area (Å²) in [5, 5.41) is 26.4. The summed E-state index contributed by atoms with van der Waals surface area (Å²) in [6, 6.07) is 12.4. The lowest BCUT2D eigenvalue weighted by Gasteiger charge is -2.00. The van der Waals surface area contributed by atoms with Crippen LogP contribution in [0.1, 0.15) is 5.56 Å². The highest BCUT2D eigenvalue weighted by molar-refractivity contribution is 9.10. The summed E-state index contributed by atoms with van der Waals surface area (Å²) in [5.41, 5.74) is 6.08. The second-order valence-corrected chi connectivity index (χ2v) is 4.15. The van der Waals surface area contributed by atoms with E-state index >= 15 is 0 Å².